The zero-order chi connectivity index (χ0) is 16.8. The highest BCUT2D eigenvalue weighted by Gasteiger charge is 2.20. The Morgan fingerprint density at radius 2 is 2.00 bits per heavy atom. The van der Waals surface area contributed by atoms with Gasteiger partial charge in [0.2, 0.25) is 0 Å². The molecule has 1 unspecified atom stereocenters. The Labute approximate surface area is 131 Å². The maximum Gasteiger partial charge on any atom is 0.408 e. The summed E-state index contributed by atoms with van der Waals surface area (Å²) in [6, 6.07) is 7.46. The number of aryl methyl sites for hydroxylation is 1. The van der Waals surface area contributed by atoms with Gasteiger partial charge in [0.1, 0.15) is 12.2 Å². The van der Waals surface area contributed by atoms with Crippen molar-refractivity contribution < 1.29 is 19.1 Å². The van der Waals surface area contributed by atoms with Gasteiger partial charge in [-0.05, 0) is 39.7 Å². The van der Waals surface area contributed by atoms with Crippen LogP contribution in [0.25, 0.3) is 0 Å². The summed E-state index contributed by atoms with van der Waals surface area (Å²) >= 11 is 0. The van der Waals surface area contributed by atoms with E-state index in [4.69, 9.17) is 15.2 Å². The second kappa shape index (κ2) is 7.68. The quantitative estimate of drug-likeness (QED) is 0.874. The molecule has 0 heterocycles. The standard InChI is InChI=1S/C16H24N2O4/c1-11-6-5-7-12(8-11)9-13(10-21-14(17)19)18-15(20)22-16(2,3)4/h5-8,13H,9-10H2,1-4H3,(H2,17,19)(H,18,20). The summed E-state index contributed by atoms with van der Waals surface area (Å²) in [6.07, 6.45) is -0.924. The average molecular weight is 308 g/mol. The van der Waals surface area contributed by atoms with E-state index in [1.54, 1.807) is 20.8 Å². The summed E-state index contributed by atoms with van der Waals surface area (Å²) in [4.78, 5) is 22.6. The molecule has 0 spiro atoms. The van der Waals surface area contributed by atoms with E-state index in [0.717, 1.165) is 11.1 Å². The van der Waals surface area contributed by atoms with Gasteiger partial charge < -0.3 is 20.5 Å². The monoisotopic (exact) mass is 308 g/mol. The van der Waals surface area contributed by atoms with Crippen LogP contribution in [0.2, 0.25) is 0 Å². The van der Waals surface area contributed by atoms with Crippen molar-refractivity contribution >= 4 is 12.2 Å². The fourth-order valence-electron chi connectivity index (χ4n) is 1.93. The molecule has 0 aliphatic rings. The third-order valence-corrected chi connectivity index (χ3v) is 2.71. The molecular formula is C16H24N2O4. The van der Waals surface area contributed by atoms with Crippen LogP contribution in [0.5, 0.6) is 0 Å². The van der Waals surface area contributed by atoms with Crippen molar-refractivity contribution in [3.8, 4) is 0 Å². The van der Waals surface area contributed by atoms with E-state index in [1.807, 2.05) is 31.2 Å². The van der Waals surface area contributed by atoms with Crippen molar-refractivity contribution in [2.24, 2.45) is 5.73 Å². The molecule has 1 rings (SSSR count). The molecule has 0 fully saturated rings. The van der Waals surface area contributed by atoms with Gasteiger partial charge in [-0.3, -0.25) is 0 Å². The molecule has 0 aliphatic heterocycles. The van der Waals surface area contributed by atoms with Crippen molar-refractivity contribution in [1.29, 1.82) is 0 Å². The number of ether oxygens (including phenoxy) is 2. The van der Waals surface area contributed by atoms with E-state index in [-0.39, 0.29) is 6.61 Å². The lowest BCUT2D eigenvalue weighted by atomic mass is 10.0. The van der Waals surface area contributed by atoms with Crippen molar-refractivity contribution in [3.05, 3.63) is 35.4 Å². The third kappa shape index (κ3) is 7.52. The molecule has 22 heavy (non-hydrogen) atoms. The Balaban J connectivity index is 2.70. The van der Waals surface area contributed by atoms with Crippen molar-refractivity contribution in [3.63, 3.8) is 0 Å². The molecule has 0 saturated heterocycles. The Kier molecular flexibility index (Phi) is 6.22. The van der Waals surface area contributed by atoms with Crippen LogP contribution in [0.3, 0.4) is 0 Å². The van der Waals surface area contributed by atoms with E-state index < -0.39 is 23.8 Å². The fourth-order valence-corrected chi connectivity index (χ4v) is 1.93. The average Bonchev–Trinajstić information content (AvgIpc) is 2.33. The van der Waals surface area contributed by atoms with Gasteiger partial charge in [0.05, 0.1) is 6.04 Å². The molecule has 0 bridgehead atoms. The first kappa shape index (κ1) is 17.8. The molecule has 122 valence electrons. The Hall–Kier alpha value is -2.24. The van der Waals surface area contributed by atoms with E-state index in [9.17, 15) is 9.59 Å². The van der Waals surface area contributed by atoms with Crippen molar-refractivity contribution in [2.75, 3.05) is 6.61 Å². The van der Waals surface area contributed by atoms with Gasteiger partial charge >= 0.3 is 12.2 Å². The molecular weight excluding hydrogens is 284 g/mol. The molecule has 2 amide bonds. The molecule has 1 atom stereocenters. The zero-order valence-corrected chi connectivity index (χ0v) is 13.5. The number of nitrogens with two attached hydrogens (primary N) is 1. The SMILES string of the molecule is Cc1cccc(CC(COC(N)=O)NC(=O)OC(C)(C)C)c1. The van der Waals surface area contributed by atoms with Crippen LogP contribution in [0.4, 0.5) is 9.59 Å². The molecule has 1 aromatic rings. The molecule has 0 aliphatic carbocycles. The number of carbonyl (C=O) groups is 2. The summed E-state index contributed by atoms with van der Waals surface area (Å²) < 4.78 is 10.0. The number of rotatable bonds is 5. The summed E-state index contributed by atoms with van der Waals surface area (Å²) in [5.41, 5.74) is 6.53. The topological polar surface area (TPSA) is 90.6 Å². The van der Waals surface area contributed by atoms with Crippen LogP contribution in [0.15, 0.2) is 24.3 Å². The molecule has 6 heteroatoms. The second-order valence-electron chi connectivity index (χ2n) is 6.17. The predicted molar refractivity (Wildman–Crippen MR) is 83.6 cm³/mol. The number of hydrogen-bond acceptors (Lipinski definition) is 4. The first-order valence-electron chi connectivity index (χ1n) is 7.13. The number of benzene rings is 1. The zero-order valence-electron chi connectivity index (χ0n) is 13.5. The number of carbonyl (C=O) groups excluding carboxylic acids is 2. The maximum atomic E-state index is 11.9. The molecule has 0 radical (unpaired) electrons. The Morgan fingerprint density at radius 1 is 1.32 bits per heavy atom. The predicted octanol–water partition coefficient (Wildman–Crippen LogP) is 2.53. The number of alkyl carbamates (subject to hydrolysis) is 1. The van der Waals surface area contributed by atoms with Crippen LogP contribution < -0.4 is 11.1 Å². The minimum absolute atomic E-state index is 0.0114. The van der Waals surface area contributed by atoms with E-state index in [0.29, 0.717) is 6.42 Å². The summed E-state index contributed by atoms with van der Waals surface area (Å²) in [7, 11) is 0. The van der Waals surface area contributed by atoms with Crippen LogP contribution in [-0.4, -0.2) is 30.4 Å². The molecule has 3 N–H and O–H groups in total. The second-order valence-corrected chi connectivity index (χ2v) is 6.17. The van der Waals surface area contributed by atoms with Gasteiger partial charge in [-0.1, -0.05) is 29.8 Å². The van der Waals surface area contributed by atoms with Gasteiger partial charge in [-0.25, -0.2) is 9.59 Å². The number of primary amides is 1. The lowest BCUT2D eigenvalue weighted by molar-refractivity contribution is 0.0474. The van der Waals surface area contributed by atoms with E-state index in [2.05, 4.69) is 5.32 Å². The highest BCUT2D eigenvalue weighted by Crippen LogP contribution is 2.10. The van der Waals surface area contributed by atoms with Crippen LogP contribution >= 0.6 is 0 Å². The molecule has 0 saturated carbocycles. The Morgan fingerprint density at radius 3 is 2.55 bits per heavy atom. The lowest BCUT2D eigenvalue weighted by Crippen LogP contribution is -2.43. The summed E-state index contributed by atoms with van der Waals surface area (Å²) in [5, 5.41) is 2.70. The summed E-state index contributed by atoms with van der Waals surface area (Å²) in [5.74, 6) is 0. The van der Waals surface area contributed by atoms with Crippen LogP contribution in [0, 0.1) is 6.92 Å². The molecule has 1 aromatic carbocycles. The highest BCUT2D eigenvalue weighted by molar-refractivity contribution is 5.68. The molecule has 6 nitrogen and oxygen atoms in total. The van der Waals surface area contributed by atoms with E-state index in [1.165, 1.54) is 0 Å². The molecule has 0 aromatic heterocycles. The van der Waals surface area contributed by atoms with Gasteiger partial charge in [0.15, 0.2) is 0 Å². The largest absolute Gasteiger partial charge is 0.448 e. The number of hydrogen-bond donors (Lipinski definition) is 2. The first-order chi connectivity index (χ1) is 10.2. The van der Waals surface area contributed by atoms with Gasteiger partial charge in [-0.15, -0.1) is 0 Å². The normalized spacial score (nSPS) is 12.4. The number of nitrogens with one attached hydrogen (secondary N) is 1. The minimum atomic E-state index is -0.875. The van der Waals surface area contributed by atoms with Gasteiger partial charge in [0, 0.05) is 0 Å². The fraction of sp³-hybridized carbons (Fsp3) is 0.500. The van der Waals surface area contributed by atoms with Gasteiger partial charge in [-0.2, -0.15) is 0 Å². The third-order valence-electron chi connectivity index (χ3n) is 2.71. The van der Waals surface area contributed by atoms with Crippen LogP contribution in [0.1, 0.15) is 31.9 Å². The first-order valence-corrected chi connectivity index (χ1v) is 7.13. The smallest absolute Gasteiger partial charge is 0.408 e. The van der Waals surface area contributed by atoms with E-state index >= 15 is 0 Å². The van der Waals surface area contributed by atoms with Gasteiger partial charge in [0.25, 0.3) is 0 Å². The number of amides is 2. The Bertz CT molecular complexity index is 523. The lowest BCUT2D eigenvalue weighted by Gasteiger charge is -2.23. The maximum absolute atomic E-state index is 11.9. The highest BCUT2D eigenvalue weighted by atomic mass is 16.6. The summed E-state index contributed by atoms with van der Waals surface area (Å²) in [6.45, 7) is 7.31. The van der Waals surface area contributed by atoms with Crippen molar-refractivity contribution in [2.45, 2.75) is 45.8 Å². The minimum Gasteiger partial charge on any atom is -0.448 e. The van der Waals surface area contributed by atoms with Crippen LogP contribution in [-0.2, 0) is 15.9 Å². The van der Waals surface area contributed by atoms with Crippen molar-refractivity contribution in [1.82, 2.24) is 5.32 Å².